The van der Waals surface area contributed by atoms with Crippen molar-refractivity contribution in [1.82, 2.24) is 4.57 Å². The number of oxazole rings is 1. The molecule has 0 aliphatic carbocycles. The van der Waals surface area contributed by atoms with Crippen LogP contribution in [0.4, 0.5) is 11.4 Å². The topological polar surface area (TPSA) is 67.5 Å². The van der Waals surface area contributed by atoms with Gasteiger partial charge in [-0.2, -0.15) is 0 Å². The maximum atomic E-state index is 12.5. The van der Waals surface area contributed by atoms with Crippen LogP contribution in [0.5, 0.6) is 0 Å². The van der Waals surface area contributed by atoms with E-state index in [1.807, 2.05) is 38.1 Å². The highest BCUT2D eigenvalue weighted by Crippen LogP contribution is 2.25. The van der Waals surface area contributed by atoms with Crippen LogP contribution in [0.25, 0.3) is 11.1 Å². The monoisotopic (exact) mass is 365 g/mol. The first-order valence-electron chi connectivity index (χ1n) is 9.27. The molecule has 140 valence electrons. The number of aryl methyl sites for hydroxylation is 2. The molecule has 3 aromatic rings. The first-order chi connectivity index (χ1) is 13.0. The second-order valence-electron chi connectivity index (χ2n) is 7.17. The van der Waals surface area contributed by atoms with Crippen LogP contribution in [0.2, 0.25) is 0 Å². The largest absolute Gasteiger partial charge is 0.420 e. The molecule has 1 aliphatic heterocycles. The van der Waals surface area contributed by atoms with E-state index in [4.69, 9.17) is 4.42 Å². The van der Waals surface area contributed by atoms with E-state index in [2.05, 4.69) is 16.3 Å². The third kappa shape index (κ3) is 3.47. The van der Waals surface area contributed by atoms with Crippen LogP contribution in [0, 0.1) is 13.8 Å². The Bertz CT molecular complexity index is 1060. The molecule has 6 heteroatoms. The van der Waals surface area contributed by atoms with Gasteiger partial charge in [0, 0.05) is 24.5 Å². The van der Waals surface area contributed by atoms with Gasteiger partial charge in [-0.1, -0.05) is 6.07 Å². The molecule has 0 radical (unpaired) electrons. The Morgan fingerprint density at radius 2 is 1.89 bits per heavy atom. The Morgan fingerprint density at radius 3 is 2.63 bits per heavy atom. The van der Waals surface area contributed by atoms with Gasteiger partial charge in [0.2, 0.25) is 5.91 Å². The van der Waals surface area contributed by atoms with Crippen LogP contribution >= 0.6 is 0 Å². The first kappa shape index (κ1) is 17.4. The lowest BCUT2D eigenvalue weighted by atomic mass is 10.1. The van der Waals surface area contributed by atoms with E-state index in [1.54, 1.807) is 6.07 Å². The summed E-state index contributed by atoms with van der Waals surface area (Å²) in [6.45, 7) is 6.01. The maximum absolute atomic E-state index is 12.5. The number of amides is 1. The van der Waals surface area contributed by atoms with E-state index >= 15 is 0 Å². The van der Waals surface area contributed by atoms with Crippen molar-refractivity contribution in [1.29, 1.82) is 0 Å². The number of aromatic nitrogens is 1. The summed E-state index contributed by atoms with van der Waals surface area (Å²) in [6, 6.07) is 11.5. The molecule has 1 fully saturated rings. The van der Waals surface area contributed by atoms with E-state index in [1.165, 1.54) is 23.1 Å². The Balaban J connectivity index is 1.52. The number of nitrogens with one attached hydrogen (secondary N) is 1. The van der Waals surface area contributed by atoms with Crippen molar-refractivity contribution >= 4 is 28.4 Å². The summed E-state index contributed by atoms with van der Waals surface area (Å²) >= 11 is 0. The van der Waals surface area contributed by atoms with Crippen LogP contribution < -0.4 is 16.0 Å². The van der Waals surface area contributed by atoms with Gasteiger partial charge in [0.1, 0.15) is 6.54 Å². The average Bonchev–Trinajstić information content (AvgIpc) is 3.26. The Hall–Kier alpha value is -3.02. The fraction of sp³-hybridized carbons (Fsp3) is 0.333. The Morgan fingerprint density at radius 1 is 1.11 bits per heavy atom. The predicted octanol–water partition coefficient (Wildman–Crippen LogP) is 3.45. The second-order valence-corrected chi connectivity index (χ2v) is 7.17. The van der Waals surface area contributed by atoms with Gasteiger partial charge in [0.25, 0.3) is 0 Å². The molecule has 6 nitrogen and oxygen atoms in total. The van der Waals surface area contributed by atoms with Crippen molar-refractivity contribution in [3.05, 3.63) is 58.1 Å². The standard InChI is InChI=1S/C21H23N3O3/c1-14-5-8-19-18(11-14)24(21(26)27-19)13-20(25)22-17-7-6-16(12-15(17)2)23-9-3-4-10-23/h5-8,11-12H,3-4,9-10,13H2,1-2H3,(H,22,25). The number of rotatable bonds is 4. The molecule has 0 atom stereocenters. The zero-order valence-corrected chi connectivity index (χ0v) is 15.6. The van der Waals surface area contributed by atoms with Gasteiger partial charge >= 0.3 is 5.76 Å². The molecule has 0 saturated carbocycles. The van der Waals surface area contributed by atoms with Crippen LogP contribution in [-0.2, 0) is 11.3 Å². The molecule has 1 aliphatic rings. The molecule has 27 heavy (non-hydrogen) atoms. The number of benzene rings is 2. The van der Waals surface area contributed by atoms with E-state index in [-0.39, 0.29) is 12.5 Å². The molecule has 4 rings (SSSR count). The molecule has 1 saturated heterocycles. The molecule has 2 heterocycles. The number of carbonyl (C=O) groups excluding carboxylic acids is 1. The van der Waals surface area contributed by atoms with Crippen molar-refractivity contribution in [2.24, 2.45) is 0 Å². The number of carbonyl (C=O) groups is 1. The van der Waals surface area contributed by atoms with E-state index in [0.29, 0.717) is 11.1 Å². The number of hydrogen-bond donors (Lipinski definition) is 1. The number of hydrogen-bond acceptors (Lipinski definition) is 4. The molecule has 2 aromatic carbocycles. The zero-order valence-electron chi connectivity index (χ0n) is 15.6. The van der Waals surface area contributed by atoms with Crippen LogP contribution in [0.1, 0.15) is 24.0 Å². The van der Waals surface area contributed by atoms with Crippen LogP contribution in [0.3, 0.4) is 0 Å². The van der Waals surface area contributed by atoms with E-state index < -0.39 is 5.76 Å². The highest BCUT2D eigenvalue weighted by molar-refractivity contribution is 5.92. The summed E-state index contributed by atoms with van der Waals surface area (Å²) in [7, 11) is 0. The van der Waals surface area contributed by atoms with Crippen molar-refractivity contribution in [2.45, 2.75) is 33.2 Å². The highest BCUT2D eigenvalue weighted by atomic mass is 16.4. The van der Waals surface area contributed by atoms with Crippen LogP contribution in [0.15, 0.2) is 45.6 Å². The van der Waals surface area contributed by atoms with Gasteiger partial charge in [-0.05, 0) is 68.1 Å². The minimum atomic E-state index is -0.521. The van der Waals surface area contributed by atoms with Gasteiger partial charge in [-0.3, -0.25) is 9.36 Å². The van der Waals surface area contributed by atoms with Gasteiger partial charge in [-0.25, -0.2) is 4.79 Å². The minimum absolute atomic E-state index is 0.0808. The lowest BCUT2D eigenvalue weighted by molar-refractivity contribution is -0.116. The highest BCUT2D eigenvalue weighted by Gasteiger charge is 2.16. The number of nitrogens with zero attached hydrogens (tertiary/aromatic N) is 2. The molecule has 1 N–H and O–H groups in total. The fourth-order valence-electron chi connectivity index (χ4n) is 3.62. The molecular weight excluding hydrogens is 342 g/mol. The third-order valence-electron chi connectivity index (χ3n) is 5.08. The molecular formula is C21H23N3O3. The van der Waals surface area contributed by atoms with Gasteiger partial charge in [0.05, 0.1) is 5.52 Å². The zero-order chi connectivity index (χ0) is 19.0. The molecule has 0 unspecified atom stereocenters. The van der Waals surface area contributed by atoms with E-state index in [9.17, 15) is 9.59 Å². The SMILES string of the molecule is Cc1ccc2oc(=O)n(CC(=O)Nc3ccc(N4CCCC4)cc3C)c2c1. The lowest BCUT2D eigenvalue weighted by Crippen LogP contribution is -2.25. The Labute approximate surface area is 157 Å². The predicted molar refractivity (Wildman–Crippen MR) is 106 cm³/mol. The van der Waals surface area contributed by atoms with Crippen molar-refractivity contribution in [2.75, 3.05) is 23.3 Å². The van der Waals surface area contributed by atoms with Crippen molar-refractivity contribution < 1.29 is 9.21 Å². The summed E-state index contributed by atoms with van der Waals surface area (Å²) in [5.41, 5.74) is 5.09. The molecule has 0 spiro atoms. The van der Waals surface area contributed by atoms with Gasteiger partial charge < -0.3 is 14.6 Å². The average molecular weight is 365 g/mol. The molecule has 1 amide bonds. The minimum Gasteiger partial charge on any atom is -0.408 e. The first-order valence-corrected chi connectivity index (χ1v) is 9.27. The lowest BCUT2D eigenvalue weighted by Gasteiger charge is -2.19. The summed E-state index contributed by atoms with van der Waals surface area (Å²) in [5.74, 6) is -0.773. The normalized spacial score (nSPS) is 14.1. The number of fused-ring (bicyclic) bond motifs is 1. The quantitative estimate of drug-likeness (QED) is 0.769. The van der Waals surface area contributed by atoms with E-state index in [0.717, 1.165) is 29.9 Å². The van der Waals surface area contributed by atoms with Gasteiger partial charge in [0.15, 0.2) is 5.58 Å². The van der Waals surface area contributed by atoms with Gasteiger partial charge in [-0.15, -0.1) is 0 Å². The molecule has 0 bridgehead atoms. The summed E-state index contributed by atoms with van der Waals surface area (Å²) < 4.78 is 6.59. The summed E-state index contributed by atoms with van der Waals surface area (Å²) in [5, 5.41) is 2.91. The second kappa shape index (κ2) is 6.95. The van der Waals surface area contributed by atoms with Crippen LogP contribution in [-0.4, -0.2) is 23.6 Å². The summed E-state index contributed by atoms with van der Waals surface area (Å²) in [4.78, 5) is 27.0. The van der Waals surface area contributed by atoms with Crippen molar-refractivity contribution in [3.63, 3.8) is 0 Å². The molecule has 1 aromatic heterocycles. The summed E-state index contributed by atoms with van der Waals surface area (Å²) in [6.07, 6.45) is 2.45. The van der Waals surface area contributed by atoms with Crippen molar-refractivity contribution in [3.8, 4) is 0 Å². The Kier molecular flexibility index (Phi) is 4.48. The fourth-order valence-corrected chi connectivity index (χ4v) is 3.62. The number of anilines is 2. The smallest absolute Gasteiger partial charge is 0.408 e. The third-order valence-corrected chi connectivity index (χ3v) is 5.08. The maximum Gasteiger partial charge on any atom is 0.420 e.